The van der Waals surface area contributed by atoms with Gasteiger partial charge in [0.05, 0.1) is 76.3 Å². The number of ether oxygens (including phenoxy) is 6. The van der Waals surface area contributed by atoms with Gasteiger partial charge in [-0.25, -0.2) is 0 Å². The first-order valence-electron chi connectivity index (χ1n) is 42.3. The monoisotopic (exact) mass is 1510 g/mol. The third kappa shape index (κ3) is 19.3. The molecule has 6 heteroatoms. The molecule has 0 fully saturated rings. The van der Waals surface area contributed by atoms with Crippen LogP contribution in [0.2, 0.25) is 0 Å². The molecule has 4 unspecified atom stereocenters. The highest BCUT2D eigenvalue weighted by molar-refractivity contribution is 5.83. The van der Waals surface area contributed by atoms with E-state index in [0.29, 0.717) is 54.0 Å². The van der Waals surface area contributed by atoms with Gasteiger partial charge < -0.3 is 28.4 Å². The predicted octanol–water partition coefficient (Wildman–Crippen LogP) is 27.3. The van der Waals surface area contributed by atoms with Crippen molar-refractivity contribution in [3.05, 3.63) is 356 Å². The van der Waals surface area contributed by atoms with E-state index in [9.17, 15) is 0 Å². The highest BCUT2D eigenvalue weighted by Crippen LogP contribution is 2.49. The molecule has 0 saturated carbocycles. The second-order valence-corrected chi connectivity index (χ2v) is 32.9. The van der Waals surface area contributed by atoms with Gasteiger partial charge in [0.1, 0.15) is 0 Å². The van der Waals surface area contributed by atoms with Gasteiger partial charge in [-0.15, -0.1) is 0 Å². The van der Waals surface area contributed by atoms with Crippen LogP contribution in [0.5, 0.6) is 0 Å². The zero-order valence-corrected chi connectivity index (χ0v) is 70.1. The van der Waals surface area contributed by atoms with Crippen molar-refractivity contribution in [3.8, 4) is 66.8 Å². The van der Waals surface area contributed by atoms with Crippen LogP contribution in [0.15, 0.2) is 273 Å². The van der Waals surface area contributed by atoms with Crippen LogP contribution in [0, 0.1) is 11.8 Å². The summed E-state index contributed by atoms with van der Waals surface area (Å²) in [6.45, 7) is 34.6. The minimum atomic E-state index is 0.282. The van der Waals surface area contributed by atoms with Gasteiger partial charge in [0.15, 0.2) is 0 Å². The SMILES string of the molecule is CC(C)C(C)OCC1c2ccccc2-c2ccccc21.CC(C)C(C)OCc1cccc2c1Cc1ccccc1-2.CC(C)OCC1c2ccccc2-c2ccccc21.CC(C)OCc1cccc2c1Cc1ccccc1-2.CCC(C)OCC1c2ccccc2-c2ccccc21.CCC(C)OCc1cccc2c1Cc1ccccc1-2. The van der Waals surface area contributed by atoms with Crippen molar-refractivity contribution in [2.24, 2.45) is 11.8 Å². The molecule has 12 aromatic carbocycles. The average molecular weight is 1510 g/mol. The molecule has 0 radical (unpaired) electrons. The number of hydrogen-bond donors (Lipinski definition) is 0. The van der Waals surface area contributed by atoms with Crippen LogP contribution in [-0.2, 0) is 67.5 Å². The van der Waals surface area contributed by atoms with E-state index in [2.05, 4.69) is 370 Å². The van der Waals surface area contributed by atoms with E-state index in [1.165, 1.54) is 150 Å². The maximum absolute atomic E-state index is 6.10. The zero-order valence-electron chi connectivity index (χ0n) is 70.1. The Morgan fingerprint density at radius 3 is 0.789 bits per heavy atom. The van der Waals surface area contributed by atoms with Crippen LogP contribution in [0.25, 0.3) is 66.8 Å². The summed E-state index contributed by atoms with van der Waals surface area (Å²) < 4.78 is 35.6. The summed E-state index contributed by atoms with van der Waals surface area (Å²) in [4.78, 5) is 0. The molecule has 0 spiro atoms. The second-order valence-electron chi connectivity index (χ2n) is 32.9. The molecule has 6 nitrogen and oxygen atoms in total. The molecule has 12 aromatic rings. The average Bonchev–Trinajstić information content (AvgIpc) is 1.66. The fourth-order valence-electron chi connectivity index (χ4n) is 16.5. The highest BCUT2D eigenvalue weighted by Gasteiger charge is 2.32. The largest absolute Gasteiger partial charge is 0.378 e. The Labute approximate surface area is 682 Å². The van der Waals surface area contributed by atoms with Gasteiger partial charge in [-0.3, -0.25) is 0 Å². The summed E-state index contributed by atoms with van der Waals surface area (Å²) in [5, 5.41) is 0. The summed E-state index contributed by atoms with van der Waals surface area (Å²) in [7, 11) is 0. The summed E-state index contributed by atoms with van der Waals surface area (Å²) in [5.41, 5.74) is 37.6. The fourth-order valence-corrected chi connectivity index (χ4v) is 16.5. The molecule has 0 aromatic heterocycles. The first kappa shape index (κ1) is 82.4. The number of fused-ring (bicyclic) bond motifs is 18. The van der Waals surface area contributed by atoms with Crippen LogP contribution < -0.4 is 0 Å². The highest BCUT2D eigenvalue weighted by atomic mass is 16.5. The van der Waals surface area contributed by atoms with Crippen molar-refractivity contribution in [2.45, 2.75) is 203 Å². The van der Waals surface area contributed by atoms with Gasteiger partial charge in [0, 0.05) is 17.8 Å². The lowest BCUT2D eigenvalue weighted by molar-refractivity contribution is 0.0232. The third-order valence-corrected chi connectivity index (χ3v) is 24.0. The Morgan fingerprint density at radius 2 is 0.482 bits per heavy atom. The Morgan fingerprint density at radius 1 is 0.237 bits per heavy atom. The smallest absolute Gasteiger partial charge is 0.0723 e. The number of hydrogen-bond acceptors (Lipinski definition) is 6. The van der Waals surface area contributed by atoms with Crippen LogP contribution in [0.3, 0.4) is 0 Å². The standard InChI is InChI=1S/2C19H22O.2C18H20O.2C17H18O/c1-13(2)14(3)20-12-19-17-10-6-4-8-15(17)16-9-5-7-11-18(16)19;1-13(2)14(3)20-12-16-8-6-10-18-17-9-5-4-7-15(17)11-19(16)18;1-3-13(2)19-12-18-16-10-6-4-8-14(16)15-9-5-7-11-17(15)18;1-3-13(2)19-12-15-8-6-10-17-16-9-5-4-7-14(16)11-18(15)17;1-12(2)18-11-17-15-9-5-3-7-13(15)14-8-4-6-10-16(14)17;1-12(2)18-11-14-7-5-9-16-15-8-4-3-6-13(15)10-17(14)16/h4-11,13-14,19H,12H2,1-3H3;4-10,13-14H,11-12H2,1-3H3;4-11,13,18H,3,12H2,1-2H3;4-10,13H,3,11-12H2,1-2H3;3-10,12,17H,11H2,1-2H3;3-9,12H,10-11H2,1-2H3. The van der Waals surface area contributed by atoms with Crippen molar-refractivity contribution in [2.75, 3.05) is 19.8 Å². The molecule has 0 amide bonds. The Hall–Kier alpha value is -9.60. The minimum Gasteiger partial charge on any atom is -0.378 e. The maximum atomic E-state index is 6.10. The van der Waals surface area contributed by atoms with Gasteiger partial charge in [-0.05, 0) is 250 Å². The van der Waals surface area contributed by atoms with Crippen molar-refractivity contribution in [1.29, 1.82) is 0 Å². The van der Waals surface area contributed by atoms with E-state index in [1.54, 1.807) is 0 Å². The first-order valence-corrected chi connectivity index (χ1v) is 42.3. The third-order valence-electron chi connectivity index (χ3n) is 24.0. The summed E-state index contributed by atoms with van der Waals surface area (Å²) in [6.07, 6.45) is 7.10. The molecule has 6 aliphatic carbocycles. The fraction of sp³-hybridized carbons (Fsp3) is 0.333. The second kappa shape index (κ2) is 39.2. The van der Waals surface area contributed by atoms with Gasteiger partial charge in [0.2, 0.25) is 0 Å². The van der Waals surface area contributed by atoms with E-state index in [1.807, 2.05) is 0 Å². The van der Waals surface area contributed by atoms with Crippen molar-refractivity contribution >= 4 is 0 Å². The van der Waals surface area contributed by atoms with Crippen LogP contribution in [0.1, 0.15) is 211 Å². The summed E-state index contributed by atoms with van der Waals surface area (Å²) in [5.74, 6) is 2.27. The van der Waals surface area contributed by atoms with Gasteiger partial charge >= 0.3 is 0 Å². The molecular formula is C108H120O6. The van der Waals surface area contributed by atoms with Gasteiger partial charge in [0.25, 0.3) is 0 Å². The molecule has 18 rings (SSSR count). The Balaban J connectivity index is 0.000000119. The van der Waals surface area contributed by atoms with Crippen LogP contribution in [-0.4, -0.2) is 56.4 Å². The van der Waals surface area contributed by atoms with E-state index in [4.69, 9.17) is 28.4 Å². The molecule has 0 bridgehead atoms. The van der Waals surface area contributed by atoms with Crippen LogP contribution >= 0.6 is 0 Å². The molecule has 6 aliphatic rings. The molecule has 0 heterocycles. The maximum Gasteiger partial charge on any atom is 0.0723 e. The van der Waals surface area contributed by atoms with Crippen molar-refractivity contribution < 1.29 is 28.4 Å². The van der Waals surface area contributed by atoms with Crippen molar-refractivity contribution in [1.82, 2.24) is 0 Å². The summed E-state index contributed by atoms with van der Waals surface area (Å²) in [6, 6.07) is 98.0. The quantitative estimate of drug-likeness (QED) is 0.0674. The lowest BCUT2D eigenvalue weighted by Gasteiger charge is -2.20. The Kier molecular flexibility index (Phi) is 28.3. The topological polar surface area (TPSA) is 55.4 Å². The molecule has 0 saturated heterocycles. The molecule has 0 N–H and O–H groups in total. The lowest BCUT2D eigenvalue weighted by atomic mass is 9.98. The zero-order chi connectivity index (χ0) is 79.8. The van der Waals surface area contributed by atoms with E-state index in [-0.39, 0.29) is 12.2 Å². The first-order chi connectivity index (χ1) is 55.5. The molecule has 4 atom stereocenters. The van der Waals surface area contributed by atoms with E-state index >= 15 is 0 Å². The lowest BCUT2D eigenvalue weighted by Crippen LogP contribution is -2.19. The number of rotatable bonds is 22. The molecular weight excluding hydrogens is 1390 g/mol. The molecule has 0 aliphatic heterocycles. The Bertz CT molecular complexity index is 5020. The minimum absolute atomic E-state index is 0.282. The summed E-state index contributed by atoms with van der Waals surface area (Å²) >= 11 is 0. The van der Waals surface area contributed by atoms with E-state index < -0.39 is 0 Å². The number of benzene rings is 12. The van der Waals surface area contributed by atoms with E-state index in [0.717, 1.165) is 71.7 Å². The van der Waals surface area contributed by atoms with Gasteiger partial charge in [-0.2, -0.15) is 0 Å². The van der Waals surface area contributed by atoms with Crippen LogP contribution in [0.4, 0.5) is 0 Å². The van der Waals surface area contributed by atoms with Gasteiger partial charge in [-0.1, -0.05) is 315 Å². The molecule has 588 valence electrons. The normalized spacial score (nSPS) is 14.2. The predicted molar refractivity (Wildman–Crippen MR) is 476 cm³/mol. The molecule has 114 heavy (non-hydrogen) atoms. The van der Waals surface area contributed by atoms with Crippen molar-refractivity contribution in [3.63, 3.8) is 0 Å².